The number of carboxylic acids is 1. The Morgan fingerprint density at radius 1 is 0.809 bits per heavy atom. The monoisotopic (exact) mass is 629 g/mol. The van der Waals surface area contributed by atoms with Crippen molar-refractivity contribution in [1.29, 1.82) is 5.26 Å². The standard InChI is InChI=1S/C37H35N5O5/c1-25-8-12-27(13-9-25)31(23-34(43)44)39-36(46)30-16-17-33(32(22-30)40-35(45)28-6-3-2-4-7-28)41-18-5-19-42(21-20-41)37(47)29-14-10-26(24-38)11-15-29/h2-4,6-17,22,31H,5,18-21,23H2,1H3,(H,39,46)(H,40,45)(H,43,44). The molecule has 1 unspecified atom stereocenters. The topological polar surface area (TPSA) is 143 Å². The number of hydrogen-bond donors (Lipinski definition) is 3. The van der Waals surface area contributed by atoms with Crippen LogP contribution in [0.5, 0.6) is 0 Å². The molecule has 3 N–H and O–H groups in total. The highest BCUT2D eigenvalue weighted by atomic mass is 16.4. The molecule has 0 bridgehead atoms. The first-order valence-corrected chi connectivity index (χ1v) is 15.4. The maximum atomic E-state index is 13.5. The predicted molar refractivity (Wildman–Crippen MR) is 178 cm³/mol. The van der Waals surface area contributed by atoms with Gasteiger partial charge in [-0.3, -0.25) is 19.2 Å². The zero-order valence-electron chi connectivity index (χ0n) is 26.0. The summed E-state index contributed by atoms with van der Waals surface area (Å²) in [5.41, 5.74) is 4.50. The SMILES string of the molecule is Cc1ccc(C(CC(=O)O)NC(=O)c2ccc(N3CCCN(C(=O)c4ccc(C#N)cc4)CC3)c(NC(=O)c3ccccc3)c2)cc1. The van der Waals surface area contributed by atoms with Crippen LogP contribution in [0.15, 0.2) is 97.1 Å². The quantitative estimate of drug-likeness (QED) is 0.224. The normalized spacial score (nSPS) is 13.5. The molecule has 238 valence electrons. The molecule has 0 radical (unpaired) electrons. The van der Waals surface area contributed by atoms with Gasteiger partial charge in [0.2, 0.25) is 0 Å². The summed E-state index contributed by atoms with van der Waals surface area (Å²) in [7, 11) is 0. The van der Waals surface area contributed by atoms with Crippen LogP contribution in [0.4, 0.5) is 11.4 Å². The molecule has 5 rings (SSSR count). The smallest absolute Gasteiger partial charge is 0.305 e. The number of nitriles is 1. The van der Waals surface area contributed by atoms with E-state index in [1.807, 2.05) is 25.1 Å². The summed E-state index contributed by atoms with van der Waals surface area (Å²) in [4.78, 5) is 55.6. The number of amides is 3. The van der Waals surface area contributed by atoms with E-state index in [4.69, 9.17) is 5.26 Å². The van der Waals surface area contributed by atoms with Crippen LogP contribution in [0.1, 0.15) is 66.6 Å². The van der Waals surface area contributed by atoms with Gasteiger partial charge in [0.05, 0.1) is 35.5 Å². The van der Waals surface area contributed by atoms with E-state index in [9.17, 15) is 24.3 Å². The first-order chi connectivity index (χ1) is 22.7. The van der Waals surface area contributed by atoms with Crippen molar-refractivity contribution in [3.63, 3.8) is 0 Å². The van der Waals surface area contributed by atoms with Crippen LogP contribution >= 0.6 is 0 Å². The van der Waals surface area contributed by atoms with Crippen molar-refractivity contribution in [2.24, 2.45) is 0 Å². The molecule has 1 aliphatic heterocycles. The van der Waals surface area contributed by atoms with Crippen molar-refractivity contribution in [2.45, 2.75) is 25.8 Å². The number of hydrogen-bond acceptors (Lipinski definition) is 6. The molecule has 4 aromatic rings. The molecule has 0 saturated carbocycles. The molecule has 3 amide bonds. The largest absolute Gasteiger partial charge is 0.481 e. The number of benzene rings is 4. The molecule has 1 atom stereocenters. The van der Waals surface area contributed by atoms with Crippen molar-refractivity contribution in [2.75, 3.05) is 36.4 Å². The van der Waals surface area contributed by atoms with Crippen molar-refractivity contribution in [3.05, 3.63) is 130 Å². The second kappa shape index (κ2) is 14.9. The number of carbonyl (C=O) groups is 4. The third-order valence-corrected chi connectivity index (χ3v) is 8.09. The van der Waals surface area contributed by atoms with Crippen molar-refractivity contribution >= 4 is 35.1 Å². The van der Waals surface area contributed by atoms with Gasteiger partial charge in [0.15, 0.2) is 0 Å². The zero-order valence-corrected chi connectivity index (χ0v) is 26.0. The van der Waals surface area contributed by atoms with Gasteiger partial charge < -0.3 is 25.5 Å². The molecule has 1 aliphatic rings. The maximum Gasteiger partial charge on any atom is 0.305 e. The third kappa shape index (κ3) is 8.21. The highest BCUT2D eigenvalue weighted by molar-refractivity contribution is 6.07. The van der Waals surface area contributed by atoms with E-state index >= 15 is 0 Å². The maximum absolute atomic E-state index is 13.5. The molecular formula is C37H35N5O5. The van der Waals surface area contributed by atoms with Crippen LogP contribution in [-0.2, 0) is 4.79 Å². The minimum atomic E-state index is -1.05. The second-order valence-electron chi connectivity index (χ2n) is 11.4. The van der Waals surface area contributed by atoms with Gasteiger partial charge in [0, 0.05) is 42.9 Å². The average Bonchev–Trinajstić information content (AvgIpc) is 3.34. The molecular weight excluding hydrogens is 594 g/mol. The van der Waals surface area contributed by atoms with Crippen LogP contribution in [-0.4, -0.2) is 59.9 Å². The van der Waals surface area contributed by atoms with Crippen LogP contribution in [0.2, 0.25) is 0 Å². The summed E-state index contributed by atoms with van der Waals surface area (Å²) in [5, 5.41) is 24.4. The average molecular weight is 630 g/mol. The molecule has 0 aliphatic carbocycles. The molecule has 4 aromatic carbocycles. The first kappa shape index (κ1) is 32.4. The van der Waals surface area contributed by atoms with E-state index in [0.29, 0.717) is 66.2 Å². The number of carboxylic acid groups (broad SMARTS) is 1. The fourth-order valence-electron chi connectivity index (χ4n) is 5.54. The minimum Gasteiger partial charge on any atom is -0.481 e. The Balaban J connectivity index is 1.39. The summed E-state index contributed by atoms with van der Waals surface area (Å²) in [5.74, 6) is -1.99. The van der Waals surface area contributed by atoms with E-state index in [0.717, 1.165) is 5.56 Å². The van der Waals surface area contributed by atoms with Crippen LogP contribution in [0, 0.1) is 18.3 Å². The summed E-state index contributed by atoms with van der Waals surface area (Å²) < 4.78 is 0. The molecule has 10 nitrogen and oxygen atoms in total. The lowest BCUT2D eigenvalue weighted by Gasteiger charge is -2.27. The Bertz CT molecular complexity index is 1800. The number of rotatable bonds is 9. The fourth-order valence-corrected chi connectivity index (χ4v) is 5.54. The van der Waals surface area contributed by atoms with Gasteiger partial charge in [-0.1, -0.05) is 48.0 Å². The van der Waals surface area contributed by atoms with E-state index in [1.165, 1.54) is 0 Å². The van der Waals surface area contributed by atoms with Crippen molar-refractivity contribution in [3.8, 4) is 6.07 Å². The lowest BCUT2D eigenvalue weighted by atomic mass is 10.0. The number of nitrogens with zero attached hydrogens (tertiary/aromatic N) is 3. The van der Waals surface area contributed by atoms with E-state index in [1.54, 1.807) is 83.8 Å². The lowest BCUT2D eigenvalue weighted by Crippen LogP contribution is -2.35. The van der Waals surface area contributed by atoms with Gasteiger partial charge in [0.1, 0.15) is 0 Å². The van der Waals surface area contributed by atoms with E-state index in [2.05, 4.69) is 21.6 Å². The van der Waals surface area contributed by atoms with Crippen LogP contribution in [0.3, 0.4) is 0 Å². The molecule has 47 heavy (non-hydrogen) atoms. The zero-order chi connectivity index (χ0) is 33.3. The Morgan fingerprint density at radius 3 is 2.19 bits per heavy atom. The van der Waals surface area contributed by atoms with Gasteiger partial charge in [-0.15, -0.1) is 0 Å². The third-order valence-electron chi connectivity index (χ3n) is 8.09. The van der Waals surface area contributed by atoms with E-state index < -0.39 is 17.9 Å². The van der Waals surface area contributed by atoms with Crippen LogP contribution in [0.25, 0.3) is 0 Å². The predicted octanol–water partition coefficient (Wildman–Crippen LogP) is 5.42. The summed E-state index contributed by atoms with van der Waals surface area (Å²) in [6.07, 6.45) is 0.375. The highest BCUT2D eigenvalue weighted by Crippen LogP contribution is 2.30. The van der Waals surface area contributed by atoms with E-state index in [-0.39, 0.29) is 23.8 Å². The Kier molecular flexibility index (Phi) is 10.3. The Hall–Kier alpha value is -5.95. The molecule has 0 aromatic heterocycles. The van der Waals surface area contributed by atoms with Gasteiger partial charge in [0.25, 0.3) is 17.7 Å². The van der Waals surface area contributed by atoms with Gasteiger partial charge in [-0.2, -0.15) is 5.26 Å². The molecule has 10 heteroatoms. The molecule has 1 fully saturated rings. The molecule has 1 saturated heterocycles. The van der Waals surface area contributed by atoms with Crippen molar-refractivity contribution in [1.82, 2.24) is 10.2 Å². The summed E-state index contributed by atoms with van der Waals surface area (Å²) >= 11 is 0. The van der Waals surface area contributed by atoms with Gasteiger partial charge in [-0.05, 0) is 73.5 Å². The molecule has 0 spiro atoms. The Morgan fingerprint density at radius 2 is 1.51 bits per heavy atom. The Labute approximate surface area is 273 Å². The summed E-state index contributed by atoms with van der Waals surface area (Å²) in [6.45, 7) is 3.98. The fraction of sp³-hybridized carbons (Fsp3) is 0.216. The number of anilines is 2. The number of aryl methyl sites for hydroxylation is 1. The highest BCUT2D eigenvalue weighted by Gasteiger charge is 2.24. The van der Waals surface area contributed by atoms with Crippen LogP contribution < -0.4 is 15.5 Å². The number of nitrogens with one attached hydrogen (secondary N) is 2. The first-order valence-electron chi connectivity index (χ1n) is 15.4. The van der Waals surface area contributed by atoms with Gasteiger partial charge in [-0.25, -0.2) is 0 Å². The van der Waals surface area contributed by atoms with Gasteiger partial charge >= 0.3 is 5.97 Å². The lowest BCUT2D eigenvalue weighted by molar-refractivity contribution is -0.137. The number of aliphatic carboxylic acids is 1. The second-order valence-corrected chi connectivity index (χ2v) is 11.4. The summed E-state index contributed by atoms with van der Waals surface area (Å²) in [6, 6.07) is 29.0. The number of carbonyl (C=O) groups excluding carboxylic acids is 3. The van der Waals surface area contributed by atoms with Crippen molar-refractivity contribution < 1.29 is 24.3 Å². The molecule has 1 heterocycles. The minimum absolute atomic E-state index is 0.120.